The number of hydrogen-bond donors (Lipinski definition) is 1. The molecule has 1 unspecified atom stereocenters. The van der Waals surface area contributed by atoms with E-state index in [1.54, 1.807) is 0 Å². The average molecular weight is 321 g/mol. The van der Waals surface area contributed by atoms with E-state index in [9.17, 15) is 22.0 Å². The molecule has 116 valence electrons. The van der Waals surface area contributed by atoms with E-state index in [0.29, 0.717) is 0 Å². The molecule has 0 aromatic heterocycles. The Kier molecular flexibility index (Phi) is 4.55. The minimum absolute atomic E-state index is 0.0345. The van der Waals surface area contributed by atoms with Gasteiger partial charge in [0.1, 0.15) is 11.6 Å². The van der Waals surface area contributed by atoms with Crippen LogP contribution in [0.5, 0.6) is 0 Å². The molecule has 1 saturated heterocycles. The molecule has 1 aromatic rings. The van der Waals surface area contributed by atoms with Gasteiger partial charge in [0.2, 0.25) is 10.0 Å². The van der Waals surface area contributed by atoms with Gasteiger partial charge in [0.15, 0.2) is 4.90 Å². The molecular formula is C12H13F2NO5S. The Morgan fingerprint density at radius 3 is 2.57 bits per heavy atom. The van der Waals surface area contributed by atoms with E-state index in [1.165, 1.54) is 0 Å². The average Bonchev–Trinajstić information content (AvgIpc) is 2.37. The van der Waals surface area contributed by atoms with Crippen molar-refractivity contribution in [3.8, 4) is 0 Å². The number of aliphatic carboxylic acids is 1. The van der Waals surface area contributed by atoms with Crippen molar-refractivity contribution in [2.24, 2.45) is 0 Å². The number of carboxylic acids is 1. The molecule has 0 saturated carbocycles. The van der Waals surface area contributed by atoms with Crippen LogP contribution in [0.1, 0.15) is 6.42 Å². The quantitative estimate of drug-likeness (QED) is 0.888. The monoisotopic (exact) mass is 321 g/mol. The SMILES string of the molecule is O=C(O)CC1CN(S(=O)(=O)c2c(F)cccc2F)CCO1. The minimum Gasteiger partial charge on any atom is -0.481 e. The Balaban J connectivity index is 2.29. The van der Waals surface area contributed by atoms with Crippen molar-refractivity contribution in [2.75, 3.05) is 19.7 Å². The fraction of sp³-hybridized carbons (Fsp3) is 0.417. The van der Waals surface area contributed by atoms with Crippen LogP contribution in [0, 0.1) is 11.6 Å². The molecule has 1 aliphatic rings. The Bertz CT molecular complexity index is 629. The van der Waals surface area contributed by atoms with Crippen LogP contribution in [0.4, 0.5) is 8.78 Å². The second kappa shape index (κ2) is 6.04. The third-order valence-electron chi connectivity index (χ3n) is 3.02. The summed E-state index contributed by atoms with van der Waals surface area (Å²) < 4.78 is 57.9. The summed E-state index contributed by atoms with van der Waals surface area (Å²) in [5.74, 6) is -3.51. The highest BCUT2D eigenvalue weighted by molar-refractivity contribution is 7.89. The number of halogens is 2. The summed E-state index contributed by atoms with van der Waals surface area (Å²) in [4.78, 5) is 9.61. The third kappa shape index (κ3) is 3.36. The zero-order valence-corrected chi connectivity index (χ0v) is 11.6. The Labute approximate surface area is 120 Å². The maximum Gasteiger partial charge on any atom is 0.306 e. The second-order valence-electron chi connectivity index (χ2n) is 4.50. The van der Waals surface area contributed by atoms with Crippen molar-refractivity contribution in [2.45, 2.75) is 17.4 Å². The largest absolute Gasteiger partial charge is 0.481 e. The van der Waals surface area contributed by atoms with Gasteiger partial charge in [0.05, 0.1) is 19.1 Å². The van der Waals surface area contributed by atoms with Crippen molar-refractivity contribution < 1.29 is 31.8 Å². The number of carboxylic acid groups (broad SMARTS) is 1. The number of morpholine rings is 1. The van der Waals surface area contributed by atoms with E-state index < -0.39 is 38.6 Å². The standard InChI is InChI=1S/C12H13F2NO5S/c13-9-2-1-3-10(14)12(9)21(18,19)15-4-5-20-8(7-15)6-11(16)17/h1-3,8H,4-7H2,(H,16,17). The molecule has 1 aliphatic heterocycles. The number of benzene rings is 1. The molecule has 0 amide bonds. The van der Waals surface area contributed by atoms with Gasteiger partial charge >= 0.3 is 5.97 Å². The molecule has 0 aliphatic carbocycles. The molecule has 6 nitrogen and oxygen atoms in total. The first-order valence-electron chi connectivity index (χ1n) is 6.10. The van der Waals surface area contributed by atoms with Gasteiger partial charge in [0.25, 0.3) is 0 Å². The van der Waals surface area contributed by atoms with Gasteiger partial charge in [-0.3, -0.25) is 4.79 Å². The summed E-state index contributed by atoms with van der Waals surface area (Å²) in [7, 11) is -4.38. The fourth-order valence-corrected chi connectivity index (χ4v) is 3.65. The first-order valence-corrected chi connectivity index (χ1v) is 7.54. The van der Waals surface area contributed by atoms with Crippen LogP contribution < -0.4 is 0 Å². The van der Waals surface area contributed by atoms with Gasteiger partial charge in [-0.25, -0.2) is 17.2 Å². The van der Waals surface area contributed by atoms with Gasteiger partial charge in [-0.2, -0.15) is 4.31 Å². The molecular weight excluding hydrogens is 308 g/mol. The van der Waals surface area contributed by atoms with Crippen LogP contribution in [0.2, 0.25) is 0 Å². The molecule has 9 heteroatoms. The Hall–Kier alpha value is -1.58. The highest BCUT2D eigenvalue weighted by atomic mass is 32.2. The van der Waals surface area contributed by atoms with Crippen LogP contribution in [0.3, 0.4) is 0 Å². The highest BCUT2D eigenvalue weighted by Crippen LogP contribution is 2.24. The zero-order chi connectivity index (χ0) is 15.6. The van der Waals surface area contributed by atoms with Gasteiger partial charge in [0, 0.05) is 13.1 Å². The van der Waals surface area contributed by atoms with Crippen LogP contribution in [0.15, 0.2) is 23.1 Å². The summed E-state index contributed by atoms with van der Waals surface area (Å²) in [5.41, 5.74) is 0. The van der Waals surface area contributed by atoms with Gasteiger partial charge < -0.3 is 9.84 Å². The molecule has 1 atom stereocenters. The number of rotatable bonds is 4. The fourth-order valence-electron chi connectivity index (χ4n) is 2.09. The smallest absolute Gasteiger partial charge is 0.306 e. The van der Waals surface area contributed by atoms with Crippen LogP contribution in [0.25, 0.3) is 0 Å². The maximum absolute atomic E-state index is 13.6. The minimum atomic E-state index is -4.38. The molecule has 0 bridgehead atoms. The molecule has 0 radical (unpaired) electrons. The van der Waals surface area contributed by atoms with Crippen LogP contribution in [-0.2, 0) is 19.6 Å². The van der Waals surface area contributed by atoms with E-state index in [0.717, 1.165) is 22.5 Å². The number of sulfonamides is 1. The number of nitrogens with zero attached hydrogens (tertiary/aromatic N) is 1. The van der Waals surface area contributed by atoms with Gasteiger partial charge in [-0.1, -0.05) is 6.07 Å². The van der Waals surface area contributed by atoms with Gasteiger partial charge in [-0.15, -0.1) is 0 Å². The van der Waals surface area contributed by atoms with Crippen molar-refractivity contribution in [1.29, 1.82) is 0 Å². The number of carbonyl (C=O) groups is 1. The topological polar surface area (TPSA) is 83.9 Å². The Morgan fingerprint density at radius 1 is 1.38 bits per heavy atom. The maximum atomic E-state index is 13.6. The number of hydrogen-bond acceptors (Lipinski definition) is 4. The van der Waals surface area contributed by atoms with E-state index >= 15 is 0 Å². The normalized spacial score (nSPS) is 20.4. The molecule has 2 rings (SSSR count). The van der Waals surface area contributed by atoms with E-state index in [2.05, 4.69) is 0 Å². The van der Waals surface area contributed by atoms with Gasteiger partial charge in [-0.05, 0) is 12.1 Å². The summed E-state index contributed by atoms with van der Waals surface area (Å²) in [5, 5.41) is 8.69. The lowest BCUT2D eigenvalue weighted by molar-refractivity contribution is -0.141. The van der Waals surface area contributed by atoms with Crippen LogP contribution in [-0.4, -0.2) is 49.6 Å². The lowest BCUT2D eigenvalue weighted by atomic mass is 10.2. The molecule has 1 N–H and O–H groups in total. The second-order valence-corrected chi connectivity index (χ2v) is 6.38. The van der Waals surface area contributed by atoms with Crippen molar-refractivity contribution >= 4 is 16.0 Å². The predicted octanol–water partition coefficient (Wildman–Crippen LogP) is 0.829. The molecule has 1 heterocycles. The molecule has 1 aromatic carbocycles. The predicted molar refractivity (Wildman–Crippen MR) is 67.1 cm³/mol. The van der Waals surface area contributed by atoms with E-state index in [4.69, 9.17) is 9.84 Å². The van der Waals surface area contributed by atoms with E-state index in [1.807, 2.05) is 0 Å². The first kappa shape index (κ1) is 15.8. The summed E-state index contributed by atoms with van der Waals surface area (Å²) in [6.45, 7) is -0.387. The first-order chi connectivity index (χ1) is 9.82. The summed E-state index contributed by atoms with van der Waals surface area (Å²) >= 11 is 0. The summed E-state index contributed by atoms with van der Waals surface area (Å²) in [6, 6.07) is 2.77. The number of ether oxygens (including phenoxy) is 1. The zero-order valence-electron chi connectivity index (χ0n) is 10.8. The molecule has 1 fully saturated rings. The van der Waals surface area contributed by atoms with Crippen LogP contribution >= 0.6 is 0 Å². The summed E-state index contributed by atoms with van der Waals surface area (Å²) in [6.07, 6.45) is -1.23. The van der Waals surface area contributed by atoms with Crippen molar-refractivity contribution in [3.05, 3.63) is 29.8 Å². The molecule has 21 heavy (non-hydrogen) atoms. The lowest BCUT2D eigenvalue weighted by Gasteiger charge is -2.31. The van der Waals surface area contributed by atoms with Crippen molar-refractivity contribution in [3.63, 3.8) is 0 Å². The Morgan fingerprint density at radius 2 is 2.00 bits per heavy atom. The highest BCUT2D eigenvalue weighted by Gasteiger charge is 2.35. The molecule has 0 spiro atoms. The lowest BCUT2D eigenvalue weighted by Crippen LogP contribution is -2.46. The van der Waals surface area contributed by atoms with Crippen molar-refractivity contribution in [1.82, 2.24) is 4.31 Å². The van der Waals surface area contributed by atoms with E-state index in [-0.39, 0.29) is 26.1 Å². The third-order valence-corrected chi connectivity index (χ3v) is 4.94.